The van der Waals surface area contributed by atoms with Crippen LogP contribution in [0, 0.1) is 11.3 Å². The largest absolute Gasteiger partial charge is 0.433 e. The van der Waals surface area contributed by atoms with Crippen LogP contribution in [0.3, 0.4) is 0 Å². The van der Waals surface area contributed by atoms with Crippen LogP contribution in [0.5, 0.6) is 0 Å². The molecule has 1 N–H and O–H groups in total. The van der Waals surface area contributed by atoms with Gasteiger partial charge in [0.25, 0.3) is 0 Å². The van der Waals surface area contributed by atoms with Crippen molar-refractivity contribution in [2.45, 2.75) is 6.18 Å². The van der Waals surface area contributed by atoms with Crippen molar-refractivity contribution in [2.75, 3.05) is 0 Å². The lowest BCUT2D eigenvalue weighted by Crippen LogP contribution is -2.09. The predicted molar refractivity (Wildman–Crippen MR) is 71.2 cm³/mol. The first kappa shape index (κ1) is 13.2. The van der Waals surface area contributed by atoms with Crippen molar-refractivity contribution in [1.29, 1.82) is 5.26 Å². The summed E-state index contributed by atoms with van der Waals surface area (Å²) in [5.74, 6) is 0. The molecule has 21 heavy (non-hydrogen) atoms. The standard InChI is InChI=1S/C15H8F3N3/c16-15(17,18)14-10(2-1-5-20-14)12-8-21-13-4-3-9(7-19)6-11(12)13/h1-6,8,21H. The number of halogens is 3. The average molecular weight is 287 g/mol. The van der Waals surface area contributed by atoms with Gasteiger partial charge in [-0.05, 0) is 24.3 Å². The van der Waals surface area contributed by atoms with Gasteiger partial charge in [-0.15, -0.1) is 0 Å². The summed E-state index contributed by atoms with van der Waals surface area (Å²) >= 11 is 0. The van der Waals surface area contributed by atoms with Crippen LogP contribution in [0.1, 0.15) is 11.3 Å². The number of hydrogen-bond donors (Lipinski definition) is 1. The normalized spacial score (nSPS) is 11.5. The van der Waals surface area contributed by atoms with Crippen molar-refractivity contribution >= 4 is 10.9 Å². The van der Waals surface area contributed by atoms with Gasteiger partial charge in [0.1, 0.15) is 0 Å². The van der Waals surface area contributed by atoms with E-state index in [1.807, 2.05) is 6.07 Å². The van der Waals surface area contributed by atoms with Crippen molar-refractivity contribution in [3.8, 4) is 17.2 Å². The van der Waals surface area contributed by atoms with Crippen LogP contribution in [0.25, 0.3) is 22.0 Å². The Bertz CT molecular complexity index is 856. The van der Waals surface area contributed by atoms with E-state index in [0.717, 1.165) is 6.20 Å². The Kier molecular flexibility index (Phi) is 2.91. The second kappa shape index (κ2) is 4.63. The van der Waals surface area contributed by atoms with Crippen LogP contribution >= 0.6 is 0 Å². The topological polar surface area (TPSA) is 52.5 Å². The van der Waals surface area contributed by atoms with Gasteiger partial charge in [-0.1, -0.05) is 6.07 Å². The highest BCUT2D eigenvalue weighted by molar-refractivity contribution is 5.96. The van der Waals surface area contributed by atoms with E-state index < -0.39 is 11.9 Å². The highest BCUT2D eigenvalue weighted by Gasteiger charge is 2.35. The molecule has 0 unspecified atom stereocenters. The maximum atomic E-state index is 13.1. The Balaban J connectivity index is 2.29. The van der Waals surface area contributed by atoms with Gasteiger partial charge in [-0.2, -0.15) is 18.4 Å². The summed E-state index contributed by atoms with van der Waals surface area (Å²) < 4.78 is 39.2. The zero-order valence-electron chi connectivity index (χ0n) is 10.6. The Morgan fingerprint density at radius 3 is 2.67 bits per heavy atom. The second-order valence-corrected chi connectivity index (χ2v) is 4.47. The van der Waals surface area contributed by atoms with E-state index in [4.69, 9.17) is 5.26 Å². The summed E-state index contributed by atoms with van der Waals surface area (Å²) in [5.41, 5.74) is 0.490. The maximum Gasteiger partial charge on any atom is 0.433 e. The summed E-state index contributed by atoms with van der Waals surface area (Å²) in [6.45, 7) is 0. The molecule has 0 radical (unpaired) electrons. The fourth-order valence-corrected chi connectivity index (χ4v) is 2.26. The van der Waals surface area contributed by atoms with Gasteiger partial charge in [-0.25, -0.2) is 0 Å². The van der Waals surface area contributed by atoms with E-state index in [1.54, 1.807) is 18.2 Å². The Morgan fingerprint density at radius 2 is 1.95 bits per heavy atom. The molecule has 0 aliphatic heterocycles. The highest BCUT2D eigenvalue weighted by Crippen LogP contribution is 2.38. The third kappa shape index (κ3) is 2.23. The lowest BCUT2D eigenvalue weighted by atomic mass is 10.0. The minimum atomic E-state index is -4.53. The van der Waals surface area contributed by atoms with Gasteiger partial charge in [0.15, 0.2) is 5.69 Å². The molecule has 0 spiro atoms. The molecule has 3 rings (SSSR count). The Hall–Kier alpha value is -2.81. The van der Waals surface area contributed by atoms with Crippen molar-refractivity contribution in [2.24, 2.45) is 0 Å². The summed E-state index contributed by atoms with van der Waals surface area (Å²) in [7, 11) is 0. The molecular formula is C15H8F3N3. The molecule has 3 nitrogen and oxygen atoms in total. The molecule has 2 heterocycles. The van der Waals surface area contributed by atoms with E-state index in [2.05, 4.69) is 9.97 Å². The molecule has 0 aliphatic rings. The van der Waals surface area contributed by atoms with Crippen molar-refractivity contribution in [3.63, 3.8) is 0 Å². The third-order valence-corrected chi connectivity index (χ3v) is 3.18. The van der Waals surface area contributed by atoms with Crippen LogP contribution in [0.2, 0.25) is 0 Å². The number of pyridine rings is 1. The molecule has 6 heteroatoms. The van der Waals surface area contributed by atoms with Gasteiger partial charge in [0.05, 0.1) is 11.6 Å². The van der Waals surface area contributed by atoms with Crippen molar-refractivity contribution in [1.82, 2.24) is 9.97 Å². The predicted octanol–water partition coefficient (Wildman–Crippen LogP) is 4.12. The molecule has 0 saturated heterocycles. The molecule has 0 saturated carbocycles. The lowest BCUT2D eigenvalue weighted by Gasteiger charge is -2.10. The molecule has 1 aromatic carbocycles. The number of nitriles is 1. The number of hydrogen-bond acceptors (Lipinski definition) is 2. The molecule has 0 bridgehead atoms. The number of aromatic nitrogens is 2. The number of nitrogens with zero attached hydrogens (tertiary/aromatic N) is 2. The maximum absolute atomic E-state index is 13.1. The van der Waals surface area contributed by atoms with Crippen LogP contribution in [-0.4, -0.2) is 9.97 Å². The first-order valence-corrected chi connectivity index (χ1v) is 6.04. The minimum Gasteiger partial charge on any atom is -0.361 e. The van der Waals surface area contributed by atoms with Gasteiger partial charge < -0.3 is 4.98 Å². The SMILES string of the molecule is N#Cc1ccc2[nH]cc(-c3cccnc3C(F)(F)F)c2c1. The van der Waals surface area contributed by atoms with E-state index in [1.165, 1.54) is 18.3 Å². The molecular weight excluding hydrogens is 279 g/mol. The van der Waals surface area contributed by atoms with E-state index in [-0.39, 0.29) is 5.56 Å². The summed E-state index contributed by atoms with van der Waals surface area (Å²) in [6.07, 6.45) is -1.92. The number of aromatic amines is 1. The first-order chi connectivity index (χ1) is 10.0. The van der Waals surface area contributed by atoms with Crippen LogP contribution in [-0.2, 0) is 6.18 Å². The Morgan fingerprint density at radius 1 is 1.14 bits per heavy atom. The molecule has 0 atom stereocenters. The number of H-pyrrole nitrogens is 1. The lowest BCUT2D eigenvalue weighted by molar-refractivity contribution is -0.140. The zero-order valence-corrected chi connectivity index (χ0v) is 10.6. The van der Waals surface area contributed by atoms with Crippen LogP contribution < -0.4 is 0 Å². The smallest absolute Gasteiger partial charge is 0.361 e. The van der Waals surface area contributed by atoms with E-state index in [0.29, 0.717) is 22.0 Å². The minimum absolute atomic E-state index is 0.00802. The number of alkyl halides is 3. The third-order valence-electron chi connectivity index (χ3n) is 3.18. The summed E-state index contributed by atoms with van der Waals surface area (Å²) in [6, 6.07) is 9.65. The van der Waals surface area contributed by atoms with Gasteiger partial charge in [-0.3, -0.25) is 4.98 Å². The quantitative estimate of drug-likeness (QED) is 0.732. The molecule has 2 aromatic heterocycles. The molecule has 0 fully saturated rings. The molecule has 3 aromatic rings. The van der Waals surface area contributed by atoms with Gasteiger partial charge in [0, 0.05) is 34.4 Å². The van der Waals surface area contributed by atoms with Gasteiger partial charge >= 0.3 is 6.18 Å². The molecule has 0 amide bonds. The average Bonchev–Trinajstić information content (AvgIpc) is 2.89. The number of fused-ring (bicyclic) bond motifs is 1. The van der Waals surface area contributed by atoms with E-state index in [9.17, 15) is 13.2 Å². The summed E-state index contributed by atoms with van der Waals surface area (Å²) in [5, 5.41) is 9.49. The number of benzene rings is 1. The first-order valence-electron chi connectivity index (χ1n) is 6.04. The number of nitrogens with one attached hydrogen (secondary N) is 1. The van der Waals surface area contributed by atoms with Gasteiger partial charge in [0.2, 0.25) is 0 Å². The Labute approximate surface area is 117 Å². The summed E-state index contributed by atoms with van der Waals surface area (Å²) in [4.78, 5) is 6.36. The monoisotopic (exact) mass is 287 g/mol. The van der Waals surface area contributed by atoms with Crippen molar-refractivity contribution in [3.05, 3.63) is 54.0 Å². The van der Waals surface area contributed by atoms with E-state index >= 15 is 0 Å². The highest BCUT2D eigenvalue weighted by atomic mass is 19.4. The fraction of sp³-hybridized carbons (Fsp3) is 0.0667. The second-order valence-electron chi connectivity index (χ2n) is 4.47. The molecule has 104 valence electrons. The fourth-order valence-electron chi connectivity index (χ4n) is 2.26. The number of rotatable bonds is 1. The zero-order chi connectivity index (χ0) is 15.0. The molecule has 0 aliphatic carbocycles. The van der Waals surface area contributed by atoms with Crippen LogP contribution in [0.4, 0.5) is 13.2 Å². The van der Waals surface area contributed by atoms with Crippen LogP contribution in [0.15, 0.2) is 42.7 Å². The van der Waals surface area contributed by atoms with Crippen molar-refractivity contribution < 1.29 is 13.2 Å².